The van der Waals surface area contributed by atoms with E-state index < -0.39 is 21.9 Å². The third-order valence-electron chi connectivity index (χ3n) is 6.08. The molecule has 0 fully saturated rings. The zero-order valence-electron chi connectivity index (χ0n) is 23.3. The summed E-state index contributed by atoms with van der Waals surface area (Å²) in [5.74, 6) is -0.430. The van der Waals surface area contributed by atoms with E-state index in [1.165, 1.54) is 17.1 Å². The maximum atomic E-state index is 13.3. The molecule has 1 N–H and O–H groups in total. The van der Waals surface area contributed by atoms with E-state index in [-0.39, 0.29) is 23.8 Å². The molecule has 3 rings (SSSR count). The number of carbonyl (C=O) groups excluding carboxylic acids is 3. The van der Waals surface area contributed by atoms with E-state index in [1.54, 1.807) is 0 Å². The minimum Gasteiger partial charge on any atom is -0.610 e. The van der Waals surface area contributed by atoms with Gasteiger partial charge in [-0.25, -0.2) is 4.79 Å². The van der Waals surface area contributed by atoms with E-state index in [4.69, 9.17) is 9.47 Å². The van der Waals surface area contributed by atoms with E-state index in [0.717, 1.165) is 47.2 Å². The second kappa shape index (κ2) is 12.4. The van der Waals surface area contributed by atoms with E-state index in [0.29, 0.717) is 25.3 Å². The van der Waals surface area contributed by atoms with Crippen LogP contribution in [0.2, 0.25) is 0 Å². The summed E-state index contributed by atoms with van der Waals surface area (Å²) in [6, 6.07) is 5.62. The summed E-state index contributed by atoms with van der Waals surface area (Å²) in [5.41, 5.74) is 1.91. The number of hydrogen-bond acceptors (Lipinski definition) is 6. The first-order chi connectivity index (χ1) is 17.8. The molecule has 0 saturated heterocycles. The molecule has 0 radical (unpaired) electrons. The van der Waals surface area contributed by atoms with Crippen molar-refractivity contribution in [1.82, 2.24) is 9.88 Å². The molecule has 1 aromatic carbocycles. The number of H-pyrrole nitrogens is 1. The topological polar surface area (TPSA) is 112 Å². The Morgan fingerprint density at radius 3 is 2.29 bits per heavy atom. The van der Waals surface area contributed by atoms with Crippen LogP contribution in [0.4, 0.5) is 0 Å². The van der Waals surface area contributed by atoms with Crippen molar-refractivity contribution >= 4 is 39.9 Å². The number of hydrogen-bond donors (Lipinski definition) is 1. The van der Waals surface area contributed by atoms with Crippen LogP contribution in [0.1, 0.15) is 72.8 Å². The number of aromatic amines is 1. The van der Waals surface area contributed by atoms with Crippen molar-refractivity contribution in [3.63, 3.8) is 0 Å². The standard InChI is InChI=1S/C29H40N2O6S/c1-28(2,3)18-22-21-12-11-20(17-23(21)30-27(22)38(35)29(4,5)6)37-19-26(34)36-16-10-8-7-9-15-31-24(32)13-14-25(31)33/h11-14,17,30H,7-10,15-16,18-19H2,1-6H3/t38-/m0/s1. The summed E-state index contributed by atoms with van der Waals surface area (Å²) in [4.78, 5) is 39.8. The van der Waals surface area contributed by atoms with E-state index in [2.05, 4.69) is 25.8 Å². The van der Waals surface area contributed by atoms with Gasteiger partial charge >= 0.3 is 5.97 Å². The molecule has 2 aromatic rings. The average molecular weight is 545 g/mol. The number of unbranched alkanes of at least 4 members (excludes halogenated alkanes) is 3. The van der Waals surface area contributed by atoms with Crippen LogP contribution in [0.25, 0.3) is 10.9 Å². The monoisotopic (exact) mass is 544 g/mol. The number of rotatable bonds is 12. The number of nitrogens with zero attached hydrogens (tertiary/aromatic N) is 1. The van der Waals surface area contributed by atoms with Gasteiger partial charge in [0.1, 0.15) is 10.5 Å². The van der Waals surface area contributed by atoms with Gasteiger partial charge in [-0.1, -0.05) is 27.2 Å². The van der Waals surface area contributed by atoms with Crippen LogP contribution in [0.15, 0.2) is 35.4 Å². The maximum Gasteiger partial charge on any atom is 0.344 e. The van der Waals surface area contributed by atoms with E-state index in [1.807, 2.05) is 39.0 Å². The van der Waals surface area contributed by atoms with Crippen molar-refractivity contribution in [2.45, 2.75) is 83.4 Å². The van der Waals surface area contributed by atoms with Crippen LogP contribution in [0.3, 0.4) is 0 Å². The molecule has 0 aliphatic carbocycles. The SMILES string of the molecule is CC(C)(C)Cc1c([S@+]([O-])C(C)(C)C)[nH]c2cc(OCC(=O)OCCCCCCN3C(=O)C=CC3=O)ccc12. The van der Waals surface area contributed by atoms with Gasteiger partial charge in [0.15, 0.2) is 6.61 Å². The molecule has 9 heteroatoms. The largest absolute Gasteiger partial charge is 0.610 e. The molecular formula is C29H40N2O6S. The molecular weight excluding hydrogens is 504 g/mol. The normalized spacial score (nSPS) is 15.0. The Labute approximate surface area is 228 Å². The number of esters is 1. The summed E-state index contributed by atoms with van der Waals surface area (Å²) in [6.07, 6.45) is 6.44. The first-order valence-corrected chi connectivity index (χ1v) is 14.3. The highest BCUT2D eigenvalue weighted by Gasteiger charge is 2.34. The van der Waals surface area contributed by atoms with Crippen molar-refractivity contribution < 1.29 is 28.4 Å². The van der Waals surface area contributed by atoms with Crippen LogP contribution in [0, 0.1) is 5.41 Å². The predicted molar refractivity (Wildman–Crippen MR) is 148 cm³/mol. The Kier molecular flexibility index (Phi) is 9.70. The minimum atomic E-state index is -1.21. The summed E-state index contributed by atoms with van der Waals surface area (Å²) in [7, 11) is 0. The van der Waals surface area contributed by atoms with Crippen molar-refractivity contribution in [3.8, 4) is 5.75 Å². The molecule has 2 amide bonds. The van der Waals surface area contributed by atoms with Crippen LogP contribution < -0.4 is 4.74 Å². The van der Waals surface area contributed by atoms with Crippen molar-refractivity contribution in [2.24, 2.45) is 5.41 Å². The van der Waals surface area contributed by atoms with Gasteiger partial charge < -0.3 is 19.0 Å². The smallest absolute Gasteiger partial charge is 0.344 e. The predicted octanol–water partition coefficient (Wildman–Crippen LogP) is 5.07. The van der Waals surface area contributed by atoms with Gasteiger partial charge in [0.05, 0.1) is 12.1 Å². The number of aromatic nitrogens is 1. The van der Waals surface area contributed by atoms with Crippen LogP contribution in [-0.2, 0) is 36.7 Å². The summed E-state index contributed by atoms with van der Waals surface area (Å²) in [6.45, 7) is 12.9. The van der Waals surface area contributed by atoms with Crippen LogP contribution in [0.5, 0.6) is 5.75 Å². The quantitative estimate of drug-likeness (QED) is 0.173. The number of fused-ring (bicyclic) bond motifs is 1. The zero-order chi connectivity index (χ0) is 28.1. The first kappa shape index (κ1) is 29.8. The Morgan fingerprint density at radius 2 is 1.66 bits per heavy atom. The molecule has 208 valence electrons. The molecule has 8 nitrogen and oxygen atoms in total. The number of nitrogens with one attached hydrogen (secondary N) is 1. The molecule has 0 spiro atoms. The van der Waals surface area contributed by atoms with Crippen molar-refractivity contribution in [3.05, 3.63) is 35.9 Å². The Morgan fingerprint density at radius 1 is 1.00 bits per heavy atom. The van der Waals surface area contributed by atoms with Gasteiger partial charge in [0.2, 0.25) is 5.03 Å². The summed E-state index contributed by atoms with van der Waals surface area (Å²) < 4.78 is 23.8. The number of amides is 2. The summed E-state index contributed by atoms with van der Waals surface area (Å²) >= 11 is -1.21. The lowest BCUT2D eigenvalue weighted by atomic mass is 9.88. The maximum absolute atomic E-state index is 13.3. The fourth-order valence-corrected chi connectivity index (χ4v) is 5.44. The average Bonchev–Trinajstić information content (AvgIpc) is 3.33. The second-order valence-electron chi connectivity index (χ2n) is 11.8. The molecule has 1 aromatic heterocycles. The van der Waals surface area contributed by atoms with Crippen molar-refractivity contribution in [2.75, 3.05) is 19.8 Å². The molecule has 2 heterocycles. The molecule has 1 aliphatic heterocycles. The molecule has 0 saturated carbocycles. The van der Waals surface area contributed by atoms with Crippen LogP contribution >= 0.6 is 0 Å². The zero-order valence-corrected chi connectivity index (χ0v) is 24.2. The number of benzene rings is 1. The van der Waals surface area contributed by atoms with Crippen LogP contribution in [-0.4, -0.2) is 56.7 Å². The molecule has 1 aliphatic rings. The molecule has 38 heavy (non-hydrogen) atoms. The van der Waals surface area contributed by atoms with Gasteiger partial charge in [-0.2, -0.15) is 0 Å². The minimum absolute atomic E-state index is 0.0222. The third-order valence-corrected chi connectivity index (χ3v) is 7.92. The molecule has 0 unspecified atom stereocenters. The lowest BCUT2D eigenvalue weighted by molar-refractivity contribution is -0.146. The number of carbonyl (C=O) groups is 3. The Hall–Kier alpha value is -2.78. The second-order valence-corrected chi connectivity index (χ2v) is 14.0. The Balaban J connectivity index is 1.47. The van der Waals surface area contributed by atoms with Gasteiger partial charge in [-0.05, 0) is 64.0 Å². The highest BCUT2D eigenvalue weighted by atomic mass is 32.2. The lowest BCUT2D eigenvalue weighted by Crippen LogP contribution is -2.30. The lowest BCUT2D eigenvalue weighted by Gasteiger charge is -2.25. The number of ether oxygens (including phenoxy) is 2. The first-order valence-electron chi connectivity index (χ1n) is 13.1. The fourth-order valence-electron chi connectivity index (χ4n) is 4.22. The fraction of sp³-hybridized carbons (Fsp3) is 0.552. The Bertz CT molecular complexity index is 1170. The molecule has 1 atom stereocenters. The van der Waals surface area contributed by atoms with Crippen molar-refractivity contribution in [1.29, 1.82) is 0 Å². The van der Waals surface area contributed by atoms with Gasteiger partial charge in [-0.15, -0.1) is 0 Å². The third kappa shape index (κ3) is 8.11. The summed E-state index contributed by atoms with van der Waals surface area (Å²) in [5, 5.41) is 1.76. The highest BCUT2D eigenvalue weighted by Crippen LogP contribution is 2.37. The van der Waals surface area contributed by atoms with Gasteiger partial charge in [0, 0.05) is 46.9 Å². The highest BCUT2D eigenvalue weighted by molar-refractivity contribution is 7.92. The van der Waals surface area contributed by atoms with Gasteiger partial charge in [0.25, 0.3) is 11.8 Å². The van der Waals surface area contributed by atoms with Gasteiger partial charge in [-0.3, -0.25) is 14.5 Å². The van der Waals surface area contributed by atoms with E-state index in [9.17, 15) is 18.9 Å². The molecule has 0 bridgehead atoms. The number of imide groups is 1. The van der Waals surface area contributed by atoms with E-state index >= 15 is 0 Å².